The number of likely N-dealkylation sites (tertiary alicyclic amines) is 1. The molecule has 0 saturated carbocycles. The second kappa shape index (κ2) is 9.23. The van der Waals surface area contributed by atoms with E-state index in [1.807, 2.05) is 25.9 Å². The number of nitrogens with two attached hydrogens (primary N) is 1. The summed E-state index contributed by atoms with van der Waals surface area (Å²) in [6, 6.07) is 8.67. The predicted molar refractivity (Wildman–Crippen MR) is 97.2 cm³/mol. The number of rotatable bonds is 4. The van der Waals surface area contributed by atoms with Gasteiger partial charge in [0.2, 0.25) is 5.91 Å². The van der Waals surface area contributed by atoms with Gasteiger partial charge in [0.25, 0.3) is 0 Å². The van der Waals surface area contributed by atoms with Crippen LogP contribution in [0.2, 0.25) is 0 Å². The number of halogens is 2. The van der Waals surface area contributed by atoms with Gasteiger partial charge in [0.05, 0.1) is 6.04 Å². The number of anilines is 1. The van der Waals surface area contributed by atoms with E-state index in [4.69, 9.17) is 5.73 Å². The van der Waals surface area contributed by atoms with Crippen molar-refractivity contribution < 1.29 is 4.79 Å². The molecule has 0 bridgehead atoms. The summed E-state index contributed by atoms with van der Waals surface area (Å²) in [4.78, 5) is 16.5. The average Bonchev–Trinajstić information content (AvgIpc) is 2.95. The van der Waals surface area contributed by atoms with Crippen LogP contribution in [-0.4, -0.2) is 38.0 Å². The molecule has 1 amide bonds. The van der Waals surface area contributed by atoms with Gasteiger partial charge in [0.15, 0.2) is 0 Å². The fourth-order valence-electron chi connectivity index (χ4n) is 2.77. The number of amides is 1. The van der Waals surface area contributed by atoms with E-state index in [9.17, 15) is 4.79 Å². The summed E-state index contributed by atoms with van der Waals surface area (Å²) in [5, 5.41) is 0. The Kier molecular flexibility index (Phi) is 8.83. The number of hydrogen-bond donors (Lipinski definition) is 1. The SMILES string of the molecule is CC(CN)C(=O)N1CCCC1c1cccc(N(C)C)c1.Cl.Cl. The van der Waals surface area contributed by atoms with Gasteiger partial charge >= 0.3 is 0 Å². The lowest BCUT2D eigenvalue weighted by Gasteiger charge is -2.28. The van der Waals surface area contributed by atoms with Crippen molar-refractivity contribution in [3.05, 3.63) is 29.8 Å². The number of nitrogens with zero attached hydrogens (tertiary/aromatic N) is 2. The van der Waals surface area contributed by atoms with Gasteiger partial charge in [-0.2, -0.15) is 0 Å². The molecule has 6 heteroatoms. The number of benzene rings is 1. The highest BCUT2D eigenvalue weighted by molar-refractivity contribution is 5.85. The molecule has 1 heterocycles. The lowest BCUT2D eigenvalue weighted by Crippen LogP contribution is -2.37. The van der Waals surface area contributed by atoms with Crippen LogP contribution in [0.5, 0.6) is 0 Å². The van der Waals surface area contributed by atoms with Crippen molar-refractivity contribution in [3.63, 3.8) is 0 Å². The number of carbonyl (C=O) groups excluding carboxylic acids is 1. The first-order chi connectivity index (χ1) is 9.54. The van der Waals surface area contributed by atoms with Crippen LogP contribution in [0.15, 0.2) is 24.3 Å². The first-order valence-corrected chi connectivity index (χ1v) is 7.32. The molecule has 2 rings (SSSR count). The van der Waals surface area contributed by atoms with Crippen molar-refractivity contribution >= 4 is 36.4 Å². The summed E-state index contributed by atoms with van der Waals surface area (Å²) in [5.41, 5.74) is 8.04. The van der Waals surface area contributed by atoms with Crippen LogP contribution in [0.3, 0.4) is 0 Å². The lowest BCUT2D eigenvalue weighted by atomic mass is 10.0. The molecule has 2 atom stereocenters. The van der Waals surface area contributed by atoms with Gasteiger partial charge < -0.3 is 15.5 Å². The van der Waals surface area contributed by atoms with Crippen molar-refractivity contribution in [2.24, 2.45) is 11.7 Å². The largest absolute Gasteiger partial charge is 0.378 e. The summed E-state index contributed by atoms with van der Waals surface area (Å²) in [7, 11) is 4.07. The topological polar surface area (TPSA) is 49.6 Å². The van der Waals surface area contributed by atoms with Crippen molar-refractivity contribution in [1.29, 1.82) is 0 Å². The molecule has 0 spiro atoms. The van der Waals surface area contributed by atoms with E-state index in [1.165, 1.54) is 11.3 Å². The zero-order chi connectivity index (χ0) is 14.7. The third-order valence-electron chi connectivity index (χ3n) is 4.08. The second-order valence-corrected chi connectivity index (χ2v) is 5.82. The van der Waals surface area contributed by atoms with Gasteiger partial charge in [-0.1, -0.05) is 19.1 Å². The molecular weight excluding hydrogens is 321 g/mol. The highest BCUT2D eigenvalue weighted by Crippen LogP contribution is 2.34. The van der Waals surface area contributed by atoms with Crippen molar-refractivity contribution in [2.75, 3.05) is 32.1 Å². The monoisotopic (exact) mass is 347 g/mol. The zero-order valence-corrected chi connectivity index (χ0v) is 15.1. The Hall–Kier alpha value is -0.970. The zero-order valence-electron chi connectivity index (χ0n) is 13.5. The molecule has 2 unspecified atom stereocenters. The highest BCUT2D eigenvalue weighted by atomic mass is 35.5. The molecule has 22 heavy (non-hydrogen) atoms. The maximum atomic E-state index is 12.4. The minimum Gasteiger partial charge on any atom is -0.378 e. The van der Waals surface area contributed by atoms with E-state index < -0.39 is 0 Å². The molecule has 1 aliphatic heterocycles. The maximum Gasteiger partial charge on any atom is 0.227 e. The van der Waals surface area contributed by atoms with Crippen molar-refractivity contribution in [2.45, 2.75) is 25.8 Å². The maximum absolute atomic E-state index is 12.4. The van der Waals surface area contributed by atoms with E-state index in [-0.39, 0.29) is 42.7 Å². The van der Waals surface area contributed by atoms with Crippen LogP contribution in [-0.2, 0) is 4.79 Å². The van der Waals surface area contributed by atoms with Crippen LogP contribution < -0.4 is 10.6 Å². The molecule has 0 aliphatic carbocycles. The molecule has 1 aliphatic rings. The van der Waals surface area contributed by atoms with E-state index >= 15 is 0 Å². The first-order valence-electron chi connectivity index (χ1n) is 7.32. The summed E-state index contributed by atoms with van der Waals surface area (Å²) < 4.78 is 0. The number of hydrogen-bond acceptors (Lipinski definition) is 3. The lowest BCUT2D eigenvalue weighted by molar-refractivity contribution is -0.135. The van der Waals surface area contributed by atoms with Crippen LogP contribution in [0.25, 0.3) is 0 Å². The minimum atomic E-state index is -0.0902. The van der Waals surface area contributed by atoms with E-state index in [1.54, 1.807) is 0 Å². The molecule has 1 saturated heterocycles. The molecule has 2 N–H and O–H groups in total. The van der Waals surface area contributed by atoms with Gasteiger partial charge in [0, 0.05) is 38.8 Å². The van der Waals surface area contributed by atoms with Gasteiger partial charge in [-0.15, -0.1) is 24.8 Å². The van der Waals surface area contributed by atoms with Crippen LogP contribution in [0.1, 0.15) is 31.4 Å². The fraction of sp³-hybridized carbons (Fsp3) is 0.562. The smallest absolute Gasteiger partial charge is 0.227 e. The first kappa shape index (κ1) is 21.0. The predicted octanol–water partition coefficient (Wildman–Crippen LogP) is 2.85. The van der Waals surface area contributed by atoms with Crippen molar-refractivity contribution in [3.8, 4) is 0 Å². The van der Waals surface area contributed by atoms with E-state index in [0.29, 0.717) is 6.54 Å². The van der Waals surface area contributed by atoms with Crippen molar-refractivity contribution in [1.82, 2.24) is 4.90 Å². The highest BCUT2D eigenvalue weighted by Gasteiger charge is 2.31. The van der Waals surface area contributed by atoms with Gasteiger partial charge in [-0.3, -0.25) is 4.79 Å². The molecule has 126 valence electrons. The quantitative estimate of drug-likeness (QED) is 0.910. The molecular formula is C16H27Cl2N3O. The van der Waals surface area contributed by atoms with Gasteiger partial charge in [-0.05, 0) is 30.5 Å². The Morgan fingerprint density at radius 1 is 1.41 bits per heavy atom. The standard InChI is InChI=1S/C16H25N3O.2ClH/c1-12(11-17)16(20)19-9-5-8-15(19)13-6-4-7-14(10-13)18(2)3;;/h4,6-7,10,12,15H,5,8-9,11,17H2,1-3H3;2*1H. The minimum absolute atomic E-state index is 0. The van der Waals surface area contributed by atoms with E-state index in [2.05, 4.69) is 29.2 Å². The summed E-state index contributed by atoms with van der Waals surface area (Å²) >= 11 is 0. The third-order valence-corrected chi connectivity index (χ3v) is 4.08. The Morgan fingerprint density at radius 2 is 2.09 bits per heavy atom. The Bertz CT molecular complexity index is 482. The van der Waals surface area contributed by atoms with Crippen LogP contribution in [0, 0.1) is 5.92 Å². The summed E-state index contributed by atoms with van der Waals surface area (Å²) in [6.07, 6.45) is 2.11. The van der Waals surface area contributed by atoms with Crippen LogP contribution >= 0.6 is 24.8 Å². The number of carbonyl (C=O) groups is 1. The normalized spacial score (nSPS) is 18.2. The summed E-state index contributed by atoms with van der Waals surface area (Å²) in [5.74, 6) is 0.0953. The molecule has 4 nitrogen and oxygen atoms in total. The molecule has 1 aromatic rings. The van der Waals surface area contributed by atoms with Gasteiger partial charge in [-0.25, -0.2) is 0 Å². The Balaban J connectivity index is 0.00000220. The molecule has 0 radical (unpaired) electrons. The summed E-state index contributed by atoms with van der Waals surface area (Å²) in [6.45, 7) is 3.17. The molecule has 1 fully saturated rings. The molecule has 1 aromatic carbocycles. The van der Waals surface area contributed by atoms with E-state index in [0.717, 1.165) is 19.4 Å². The molecule has 0 aromatic heterocycles. The second-order valence-electron chi connectivity index (χ2n) is 5.82. The fourth-order valence-corrected chi connectivity index (χ4v) is 2.77. The third kappa shape index (κ3) is 4.51. The van der Waals surface area contributed by atoms with Crippen LogP contribution in [0.4, 0.5) is 5.69 Å². The average molecular weight is 348 g/mol. The Morgan fingerprint density at radius 3 is 2.68 bits per heavy atom. The Labute approximate surface area is 145 Å². The van der Waals surface area contributed by atoms with Gasteiger partial charge in [0.1, 0.15) is 0 Å².